The van der Waals surface area contributed by atoms with E-state index in [9.17, 15) is 0 Å². The van der Waals surface area contributed by atoms with Gasteiger partial charge in [-0.1, -0.05) is 25.1 Å². The highest BCUT2D eigenvalue weighted by Crippen LogP contribution is 2.14. The Balaban J connectivity index is 0.000000720. The van der Waals surface area contributed by atoms with E-state index in [0.29, 0.717) is 0 Å². The minimum Gasteiger partial charge on any atom is -0.358 e. The SMILES string of the molecule is CCc1cc2ccccc2[nH]1.[HH]. The topological polar surface area (TPSA) is 15.8 Å². The third-order valence-electron chi connectivity index (χ3n) is 1.97. The Kier molecular flexibility index (Phi) is 1.42. The fraction of sp³-hybridized carbons (Fsp3) is 0.200. The molecule has 11 heavy (non-hydrogen) atoms. The molecule has 1 N–H and O–H groups in total. The smallest absolute Gasteiger partial charge is 0.0456 e. The second-order valence-electron chi connectivity index (χ2n) is 2.74. The van der Waals surface area contributed by atoms with Crippen LogP contribution in [-0.4, -0.2) is 4.98 Å². The molecule has 0 aliphatic heterocycles. The molecule has 1 heterocycles. The minimum atomic E-state index is 0. The van der Waals surface area contributed by atoms with Gasteiger partial charge in [0.15, 0.2) is 0 Å². The van der Waals surface area contributed by atoms with Crippen molar-refractivity contribution < 1.29 is 1.43 Å². The number of aromatic amines is 1. The van der Waals surface area contributed by atoms with Crippen LogP contribution in [-0.2, 0) is 6.42 Å². The fourth-order valence-corrected chi connectivity index (χ4v) is 1.32. The lowest BCUT2D eigenvalue weighted by molar-refractivity contribution is 1.07. The molecule has 0 aliphatic carbocycles. The number of aromatic nitrogens is 1. The molecule has 0 saturated heterocycles. The first-order chi connectivity index (χ1) is 5.40. The van der Waals surface area contributed by atoms with Gasteiger partial charge in [-0.2, -0.15) is 0 Å². The lowest BCUT2D eigenvalue weighted by atomic mass is 10.2. The number of H-pyrrole nitrogens is 1. The van der Waals surface area contributed by atoms with Crippen molar-refractivity contribution in [1.29, 1.82) is 0 Å². The Morgan fingerprint density at radius 3 is 2.91 bits per heavy atom. The number of nitrogens with one attached hydrogen (secondary N) is 1. The fourth-order valence-electron chi connectivity index (χ4n) is 1.32. The van der Waals surface area contributed by atoms with Gasteiger partial charge >= 0.3 is 0 Å². The molecule has 2 rings (SSSR count). The molecule has 0 atom stereocenters. The molecule has 0 saturated carbocycles. The number of aryl methyl sites for hydroxylation is 1. The highest BCUT2D eigenvalue weighted by atomic mass is 14.7. The van der Waals surface area contributed by atoms with Gasteiger partial charge in [0, 0.05) is 12.6 Å². The molecule has 0 bridgehead atoms. The second kappa shape index (κ2) is 2.42. The number of fused-ring (bicyclic) bond motifs is 1. The Morgan fingerprint density at radius 2 is 2.18 bits per heavy atom. The van der Waals surface area contributed by atoms with Crippen LogP contribution in [0.4, 0.5) is 0 Å². The summed E-state index contributed by atoms with van der Waals surface area (Å²) in [6.45, 7) is 2.16. The van der Waals surface area contributed by atoms with Gasteiger partial charge in [-0.25, -0.2) is 0 Å². The van der Waals surface area contributed by atoms with Crippen LogP contribution in [0.2, 0.25) is 0 Å². The van der Waals surface area contributed by atoms with E-state index >= 15 is 0 Å². The molecule has 0 radical (unpaired) electrons. The summed E-state index contributed by atoms with van der Waals surface area (Å²) in [7, 11) is 0. The summed E-state index contributed by atoms with van der Waals surface area (Å²) < 4.78 is 0. The van der Waals surface area contributed by atoms with E-state index in [0.717, 1.165) is 6.42 Å². The zero-order valence-electron chi connectivity index (χ0n) is 6.59. The van der Waals surface area contributed by atoms with Crippen molar-refractivity contribution in [3.63, 3.8) is 0 Å². The lowest BCUT2D eigenvalue weighted by Gasteiger charge is -1.85. The van der Waals surface area contributed by atoms with Crippen LogP contribution in [0.1, 0.15) is 14.0 Å². The van der Waals surface area contributed by atoms with Gasteiger partial charge in [-0.3, -0.25) is 0 Å². The summed E-state index contributed by atoms with van der Waals surface area (Å²) in [6.07, 6.45) is 1.08. The third-order valence-corrected chi connectivity index (χ3v) is 1.97. The molecule has 0 amide bonds. The highest BCUT2D eigenvalue weighted by molar-refractivity contribution is 5.80. The Hall–Kier alpha value is -1.24. The summed E-state index contributed by atoms with van der Waals surface area (Å²) >= 11 is 0. The van der Waals surface area contributed by atoms with Gasteiger partial charge in [0.25, 0.3) is 0 Å². The number of para-hydroxylation sites is 1. The summed E-state index contributed by atoms with van der Waals surface area (Å²) in [6, 6.07) is 10.6. The number of hydrogen-bond acceptors (Lipinski definition) is 0. The Bertz CT molecular complexity index is 332. The summed E-state index contributed by atoms with van der Waals surface area (Å²) in [5.74, 6) is 0. The maximum Gasteiger partial charge on any atom is 0.0456 e. The summed E-state index contributed by atoms with van der Waals surface area (Å²) in [4.78, 5) is 3.35. The number of benzene rings is 1. The van der Waals surface area contributed by atoms with Gasteiger partial charge in [-0.15, -0.1) is 0 Å². The van der Waals surface area contributed by atoms with Gasteiger partial charge in [0.2, 0.25) is 0 Å². The normalized spacial score (nSPS) is 10.6. The van der Waals surface area contributed by atoms with E-state index < -0.39 is 0 Å². The van der Waals surface area contributed by atoms with Gasteiger partial charge < -0.3 is 4.98 Å². The predicted octanol–water partition coefficient (Wildman–Crippen LogP) is 2.98. The van der Waals surface area contributed by atoms with Crippen molar-refractivity contribution in [3.05, 3.63) is 36.0 Å². The molecular weight excluding hydrogens is 134 g/mol. The van der Waals surface area contributed by atoms with Crippen LogP contribution >= 0.6 is 0 Å². The van der Waals surface area contributed by atoms with Gasteiger partial charge in [0.05, 0.1) is 0 Å². The van der Waals surface area contributed by atoms with Crippen LogP contribution in [0.3, 0.4) is 0 Å². The summed E-state index contributed by atoms with van der Waals surface area (Å²) in [5.41, 5.74) is 2.55. The van der Waals surface area contributed by atoms with E-state index in [4.69, 9.17) is 0 Å². The molecule has 1 nitrogen and oxygen atoms in total. The third kappa shape index (κ3) is 1.03. The molecule has 0 unspecified atom stereocenters. The first-order valence-electron chi connectivity index (χ1n) is 3.97. The molecule has 1 heteroatoms. The van der Waals surface area contributed by atoms with Crippen LogP contribution < -0.4 is 0 Å². The van der Waals surface area contributed by atoms with Crippen molar-refractivity contribution in [3.8, 4) is 0 Å². The maximum absolute atomic E-state index is 3.35. The quantitative estimate of drug-likeness (QED) is 0.638. The molecule has 1 aromatic carbocycles. The van der Waals surface area contributed by atoms with Crippen LogP contribution in [0.25, 0.3) is 10.9 Å². The molecule has 0 spiro atoms. The highest BCUT2D eigenvalue weighted by Gasteiger charge is 1.95. The van der Waals surface area contributed by atoms with Crippen LogP contribution in [0, 0.1) is 0 Å². The van der Waals surface area contributed by atoms with Crippen LogP contribution in [0.15, 0.2) is 30.3 Å². The standard InChI is InChI=1S/C10H11N.H2/c1-2-9-7-8-5-3-4-6-10(8)11-9;/h3-7,11H,2H2,1H3;1H. The van der Waals surface area contributed by atoms with E-state index in [-0.39, 0.29) is 1.43 Å². The monoisotopic (exact) mass is 147 g/mol. The van der Waals surface area contributed by atoms with E-state index in [2.05, 4.69) is 42.2 Å². The Labute approximate surface area is 67.5 Å². The first kappa shape index (κ1) is 6.47. The zero-order valence-corrected chi connectivity index (χ0v) is 6.59. The summed E-state index contributed by atoms with van der Waals surface area (Å²) in [5, 5.41) is 1.31. The molecule has 0 fully saturated rings. The zero-order chi connectivity index (χ0) is 7.68. The molecule has 58 valence electrons. The van der Waals surface area contributed by atoms with Gasteiger partial charge in [0.1, 0.15) is 0 Å². The molecular formula is C10H13N. The molecule has 1 aromatic heterocycles. The molecule has 0 aliphatic rings. The maximum atomic E-state index is 3.35. The van der Waals surface area contributed by atoms with E-state index in [1.807, 2.05) is 0 Å². The number of rotatable bonds is 1. The van der Waals surface area contributed by atoms with Crippen LogP contribution in [0.5, 0.6) is 0 Å². The van der Waals surface area contributed by atoms with Crippen molar-refractivity contribution in [2.75, 3.05) is 0 Å². The average molecular weight is 147 g/mol. The van der Waals surface area contributed by atoms with Crippen molar-refractivity contribution in [1.82, 2.24) is 4.98 Å². The van der Waals surface area contributed by atoms with Gasteiger partial charge in [-0.05, 0) is 23.9 Å². The first-order valence-corrected chi connectivity index (χ1v) is 3.97. The minimum absolute atomic E-state index is 0. The number of hydrogen-bond donors (Lipinski definition) is 1. The van der Waals surface area contributed by atoms with Crippen molar-refractivity contribution in [2.45, 2.75) is 13.3 Å². The lowest BCUT2D eigenvalue weighted by Crippen LogP contribution is -1.74. The Morgan fingerprint density at radius 1 is 1.36 bits per heavy atom. The average Bonchev–Trinajstić information content (AvgIpc) is 2.46. The largest absolute Gasteiger partial charge is 0.358 e. The van der Waals surface area contributed by atoms with Crippen molar-refractivity contribution >= 4 is 10.9 Å². The predicted molar refractivity (Wildman–Crippen MR) is 49.8 cm³/mol. The van der Waals surface area contributed by atoms with Crippen molar-refractivity contribution in [2.24, 2.45) is 0 Å². The molecule has 2 aromatic rings. The van der Waals surface area contributed by atoms with E-state index in [1.165, 1.54) is 16.6 Å². The van der Waals surface area contributed by atoms with E-state index in [1.54, 1.807) is 0 Å². The second-order valence-corrected chi connectivity index (χ2v) is 2.74.